The average molecular weight is 462 g/mol. The van der Waals surface area contributed by atoms with E-state index in [2.05, 4.69) is 15.6 Å². The number of amides is 3. The molecule has 0 aliphatic carbocycles. The normalized spacial score (nSPS) is 14.4. The third-order valence-corrected chi connectivity index (χ3v) is 4.69. The van der Waals surface area contributed by atoms with E-state index in [0.717, 1.165) is 18.3 Å². The van der Waals surface area contributed by atoms with Gasteiger partial charge in [-0.3, -0.25) is 9.69 Å². The maximum absolute atomic E-state index is 13.4. The fourth-order valence-electron chi connectivity index (χ4n) is 2.82. The molecule has 2 N–H and O–H groups in total. The van der Waals surface area contributed by atoms with Gasteiger partial charge in [0.05, 0.1) is 16.4 Å². The number of piperazine rings is 1. The van der Waals surface area contributed by atoms with Gasteiger partial charge < -0.3 is 15.5 Å². The molecule has 3 rings (SSSR count). The number of hydrogen-bond donors (Lipinski definition) is 2. The lowest BCUT2D eigenvalue weighted by Crippen LogP contribution is -2.48. The number of halogens is 5. The molecule has 7 nitrogen and oxygen atoms in total. The lowest BCUT2D eigenvalue weighted by atomic mass is 10.2. The van der Waals surface area contributed by atoms with Gasteiger partial charge in [0.2, 0.25) is 0 Å². The first-order chi connectivity index (χ1) is 14.2. The lowest BCUT2D eigenvalue weighted by molar-refractivity contribution is -0.169. The summed E-state index contributed by atoms with van der Waals surface area (Å²) in [6, 6.07) is 5.81. The monoisotopic (exact) mass is 461 g/mol. The van der Waals surface area contributed by atoms with Gasteiger partial charge in [0.15, 0.2) is 0 Å². The van der Waals surface area contributed by atoms with Crippen LogP contribution in [-0.2, 0) is 4.79 Å². The van der Waals surface area contributed by atoms with Gasteiger partial charge in [0.25, 0.3) is 0 Å². The van der Waals surface area contributed by atoms with Crippen LogP contribution >= 0.6 is 23.2 Å². The van der Waals surface area contributed by atoms with E-state index in [1.54, 1.807) is 0 Å². The first-order valence-corrected chi connectivity index (χ1v) is 9.51. The molecular weight excluding hydrogens is 446 g/mol. The van der Waals surface area contributed by atoms with Crippen LogP contribution in [0.5, 0.6) is 0 Å². The summed E-state index contributed by atoms with van der Waals surface area (Å²) < 4.78 is 40.1. The van der Waals surface area contributed by atoms with Crippen LogP contribution in [0.25, 0.3) is 0 Å². The number of nitrogens with zero attached hydrogens (tertiary/aromatic N) is 3. The minimum absolute atomic E-state index is 0.0303. The van der Waals surface area contributed by atoms with E-state index in [9.17, 15) is 22.8 Å². The number of benzene rings is 1. The van der Waals surface area contributed by atoms with Crippen molar-refractivity contribution < 1.29 is 22.8 Å². The van der Waals surface area contributed by atoms with Gasteiger partial charge in [-0.15, -0.1) is 0 Å². The Kier molecular flexibility index (Phi) is 6.69. The van der Waals surface area contributed by atoms with E-state index < -0.39 is 18.1 Å². The number of aromatic nitrogens is 1. The number of nitrogens with one attached hydrogen (secondary N) is 2. The van der Waals surface area contributed by atoms with Crippen LogP contribution in [0.1, 0.15) is 0 Å². The Morgan fingerprint density at radius 2 is 1.77 bits per heavy atom. The Labute approximate surface area is 179 Å². The molecule has 1 fully saturated rings. The van der Waals surface area contributed by atoms with Crippen molar-refractivity contribution >= 4 is 52.3 Å². The summed E-state index contributed by atoms with van der Waals surface area (Å²) in [4.78, 5) is 30.5. The summed E-state index contributed by atoms with van der Waals surface area (Å²) in [5, 5.41) is 5.90. The maximum Gasteiger partial charge on any atom is 0.472 e. The molecule has 1 aromatic carbocycles. The molecule has 0 saturated carbocycles. The minimum atomic E-state index is -5.20. The molecule has 0 atom stereocenters. The molecule has 30 heavy (non-hydrogen) atoms. The van der Waals surface area contributed by atoms with E-state index in [1.807, 2.05) is 0 Å². The molecule has 0 unspecified atom stereocenters. The first kappa shape index (κ1) is 22.1. The smallest absolute Gasteiger partial charge is 0.322 e. The third kappa shape index (κ3) is 5.13. The van der Waals surface area contributed by atoms with Crippen molar-refractivity contribution in [2.24, 2.45) is 0 Å². The fraction of sp³-hybridized carbons (Fsp3) is 0.278. The second kappa shape index (κ2) is 9.07. The topological polar surface area (TPSA) is 77.6 Å². The largest absolute Gasteiger partial charge is 0.472 e. The zero-order valence-corrected chi connectivity index (χ0v) is 16.9. The van der Waals surface area contributed by atoms with Crippen molar-refractivity contribution in [3.8, 4) is 0 Å². The van der Waals surface area contributed by atoms with Crippen molar-refractivity contribution in [2.45, 2.75) is 6.18 Å². The van der Waals surface area contributed by atoms with Crippen LogP contribution in [0.4, 0.5) is 35.2 Å². The van der Waals surface area contributed by atoms with Gasteiger partial charge in [0.1, 0.15) is 5.82 Å². The number of rotatable bonds is 3. The van der Waals surface area contributed by atoms with Crippen LogP contribution in [0.2, 0.25) is 10.0 Å². The molecule has 0 bridgehead atoms. The van der Waals surface area contributed by atoms with Crippen molar-refractivity contribution in [1.29, 1.82) is 0 Å². The minimum Gasteiger partial charge on any atom is -0.322 e. The second-order valence-corrected chi connectivity index (χ2v) is 7.17. The first-order valence-electron chi connectivity index (χ1n) is 8.76. The highest BCUT2D eigenvalue weighted by molar-refractivity contribution is 6.31. The number of alkyl halides is 3. The van der Waals surface area contributed by atoms with E-state index in [4.69, 9.17) is 23.2 Å². The Bertz CT molecular complexity index is 934. The Morgan fingerprint density at radius 3 is 2.37 bits per heavy atom. The van der Waals surface area contributed by atoms with Crippen molar-refractivity contribution in [1.82, 2.24) is 15.2 Å². The zero-order chi connectivity index (χ0) is 21.9. The fourth-order valence-corrected chi connectivity index (χ4v) is 3.10. The highest BCUT2D eigenvalue weighted by Crippen LogP contribution is 2.37. The SMILES string of the molecule is O=C(Nc1ccc(Cl)cc1N(C(=O)C(F)(F)F)c1ccc(Cl)cn1)N1CCNCC1. The van der Waals surface area contributed by atoms with Gasteiger partial charge in [-0.05, 0) is 30.3 Å². The molecule has 1 aliphatic rings. The van der Waals surface area contributed by atoms with Gasteiger partial charge in [-0.1, -0.05) is 23.2 Å². The molecule has 0 spiro atoms. The summed E-state index contributed by atoms with van der Waals surface area (Å²) in [5.74, 6) is -2.53. The van der Waals surface area contributed by atoms with Crippen LogP contribution < -0.4 is 15.5 Å². The number of carbonyl (C=O) groups is 2. The van der Waals surface area contributed by atoms with Crippen LogP contribution in [0, 0.1) is 0 Å². The van der Waals surface area contributed by atoms with Gasteiger partial charge in [-0.2, -0.15) is 13.2 Å². The predicted octanol–water partition coefficient (Wildman–Crippen LogP) is 4.05. The Hall–Kier alpha value is -2.56. The summed E-state index contributed by atoms with van der Waals surface area (Å²) in [6.45, 7) is 2.04. The third-order valence-electron chi connectivity index (χ3n) is 4.23. The van der Waals surface area contributed by atoms with Crippen molar-refractivity contribution in [3.05, 3.63) is 46.6 Å². The molecule has 3 amide bonds. The standard InChI is InChI=1S/C18H16Cl2F3N5O2/c19-11-1-3-13(26-17(30)27-7-5-24-6-8-27)14(9-11)28(16(29)18(21,22)23)15-4-2-12(20)10-25-15/h1-4,9-10,24H,5-8H2,(H,26,30). The molecule has 1 aromatic heterocycles. The zero-order valence-electron chi connectivity index (χ0n) is 15.3. The number of hydrogen-bond acceptors (Lipinski definition) is 4. The second-order valence-electron chi connectivity index (χ2n) is 6.30. The van der Waals surface area contributed by atoms with E-state index in [-0.39, 0.29) is 27.2 Å². The molecule has 160 valence electrons. The number of urea groups is 1. The van der Waals surface area contributed by atoms with Crippen molar-refractivity contribution in [2.75, 3.05) is 36.4 Å². The van der Waals surface area contributed by atoms with Crippen LogP contribution in [-0.4, -0.2) is 54.2 Å². The summed E-state index contributed by atoms with van der Waals surface area (Å²) in [6.07, 6.45) is -4.10. The maximum atomic E-state index is 13.4. The highest BCUT2D eigenvalue weighted by atomic mass is 35.5. The molecule has 2 heterocycles. The molecular formula is C18H16Cl2F3N5O2. The van der Waals surface area contributed by atoms with Crippen LogP contribution in [0.15, 0.2) is 36.5 Å². The summed E-state index contributed by atoms with van der Waals surface area (Å²) in [5.41, 5.74) is -0.305. The Morgan fingerprint density at radius 1 is 1.10 bits per heavy atom. The summed E-state index contributed by atoms with van der Waals surface area (Å²) >= 11 is 11.8. The van der Waals surface area contributed by atoms with E-state index in [0.29, 0.717) is 31.1 Å². The highest BCUT2D eigenvalue weighted by Gasteiger charge is 2.45. The van der Waals surface area contributed by atoms with Gasteiger partial charge >= 0.3 is 18.1 Å². The predicted molar refractivity (Wildman–Crippen MR) is 107 cm³/mol. The molecule has 1 saturated heterocycles. The average Bonchev–Trinajstić information content (AvgIpc) is 2.71. The van der Waals surface area contributed by atoms with E-state index in [1.165, 1.54) is 23.1 Å². The number of carbonyl (C=O) groups excluding carboxylic acids is 2. The molecule has 0 radical (unpaired) electrons. The van der Waals surface area contributed by atoms with Gasteiger partial charge in [-0.25, -0.2) is 9.78 Å². The molecule has 2 aromatic rings. The quantitative estimate of drug-likeness (QED) is 0.722. The number of anilines is 3. The number of pyridine rings is 1. The Balaban J connectivity index is 2.04. The van der Waals surface area contributed by atoms with Crippen LogP contribution in [0.3, 0.4) is 0 Å². The van der Waals surface area contributed by atoms with Crippen molar-refractivity contribution in [3.63, 3.8) is 0 Å². The van der Waals surface area contributed by atoms with Gasteiger partial charge in [0, 0.05) is 37.4 Å². The lowest BCUT2D eigenvalue weighted by Gasteiger charge is -2.29. The summed E-state index contributed by atoms with van der Waals surface area (Å²) in [7, 11) is 0. The molecule has 1 aliphatic heterocycles. The van der Waals surface area contributed by atoms with E-state index >= 15 is 0 Å². The molecule has 12 heteroatoms.